The lowest BCUT2D eigenvalue weighted by atomic mass is 10.1. The largest absolute Gasteiger partial charge is 0.481 e. The summed E-state index contributed by atoms with van der Waals surface area (Å²) in [5, 5.41) is 11.2. The predicted octanol–water partition coefficient (Wildman–Crippen LogP) is 7.40. The van der Waals surface area contributed by atoms with Gasteiger partial charge in [0.05, 0.1) is 20.0 Å². The maximum absolute atomic E-state index is 11.5. The molecule has 2 aromatic carbocycles. The van der Waals surface area contributed by atoms with Gasteiger partial charge in [0.1, 0.15) is 0 Å². The van der Waals surface area contributed by atoms with Gasteiger partial charge in [-0.2, -0.15) is 0 Å². The van der Waals surface area contributed by atoms with Gasteiger partial charge in [-0.3, -0.25) is 9.59 Å². The fourth-order valence-electron chi connectivity index (χ4n) is 4.93. The molecular weight excluding hydrogens is 476 g/mol. The number of unbranched alkanes of at least 4 members (excludes halogenated alkanes) is 5. The Morgan fingerprint density at radius 2 is 1.18 bits per heavy atom. The molecule has 0 saturated heterocycles. The number of aliphatic carboxylic acids is 1. The Morgan fingerprint density at radius 1 is 0.711 bits per heavy atom. The van der Waals surface area contributed by atoms with Gasteiger partial charge in [0.2, 0.25) is 0 Å². The fourth-order valence-corrected chi connectivity index (χ4v) is 4.93. The first-order valence-electron chi connectivity index (χ1n) is 13.9. The number of carbonyl (C=O) groups is 2. The maximum Gasteiger partial charge on any atom is 0.310 e. The van der Waals surface area contributed by atoms with E-state index in [2.05, 4.69) is 47.4 Å². The SMILES string of the molecule is CCCCCCn1cc(CC(=O)O)c2ccccc21.CCCCCn1cc(CC(=O)OC)c2ccccc21. The molecule has 0 saturated carbocycles. The maximum atomic E-state index is 11.5. The summed E-state index contributed by atoms with van der Waals surface area (Å²) < 4.78 is 9.21. The summed E-state index contributed by atoms with van der Waals surface area (Å²) in [5.41, 5.74) is 4.32. The van der Waals surface area contributed by atoms with E-state index in [1.807, 2.05) is 36.5 Å². The molecular formula is C32H42N2O4. The molecule has 6 heteroatoms. The Kier molecular flexibility index (Phi) is 11.5. The number of carboxylic acids is 1. The van der Waals surface area contributed by atoms with E-state index in [1.54, 1.807) is 0 Å². The van der Waals surface area contributed by atoms with Crippen LogP contribution in [0.4, 0.5) is 0 Å². The van der Waals surface area contributed by atoms with Gasteiger partial charge in [-0.05, 0) is 36.1 Å². The van der Waals surface area contributed by atoms with Crippen molar-refractivity contribution in [3.8, 4) is 0 Å². The number of aryl methyl sites for hydroxylation is 2. The van der Waals surface area contributed by atoms with E-state index >= 15 is 0 Å². The van der Waals surface area contributed by atoms with Crippen molar-refractivity contribution in [2.45, 2.75) is 84.7 Å². The third kappa shape index (κ3) is 7.98. The molecule has 0 atom stereocenters. The summed E-state index contributed by atoms with van der Waals surface area (Å²) in [5.74, 6) is -0.953. The van der Waals surface area contributed by atoms with Crippen LogP contribution in [0.25, 0.3) is 21.8 Å². The highest BCUT2D eigenvalue weighted by Crippen LogP contribution is 2.24. The summed E-state index contributed by atoms with van der Waals surface area (Å²) in [6, 6.07) is 16.3. The van der Waals surface area contributed by atoms with Gasteiger partial charge < -0.3 is 19.0 Å². The van der Waals surface area contributed by atoms with Crippen molar-refractivity contribution in [1.29, 1.82) is 0 Å². The molecule has 0 aliphatic carbocycles. The second kappa shape index (κ2) is 15.0. The highest BCUT2D eigenvalue weighted by molar-refractivity contribution is 5.88. The number of hydrogen-bond acceptors (Lipinski definition) is 3. The number of methoxy groups -OCH3 is 1. The number of ether oxygens (including phenoxy) is 1. The highest BCUT2D eigenvalue weighted by Gasteiger charge is 2.12. The minimum Gasteiger partial charge on any atom is -0.481 e. The monoisotopic (exact) mass is 518 g/mol. The molecule has 2 heterocycles. The van der Waals surface area contributed by atoms with E-state index in [9.17, 15) is 9.59 Å². The molecule has 6 nitrogen and oxygen atoms in total. The predicted molar refractivity (Wildman–Crippen MR) is 155 cm³/mol. The number of fused-ring (bicyclic) bond motifs is 2. The smallest absolute Gasteiger partial charge is 0.310 e. The Labute approximate surface area is 226 Å². The quantitative estimate of drug-likeness (QED) is 0.148. The highest BCUT2D eigenvalue weighted by atomic mass is 16.5. The van der Waals surface area contributed by atoms with Gasteiger partial charge in [-0.15, -0.1) is 0 Å². The molecule has 204 valence electrons. The number of hydrogen-bond donors (Lipinski definition) is 1. The number of carboxylic acid groups (broad SMARTS) is 1. The molecule has 38 heavy (non-hydrogen) atoms. The number of rotatable bonds is 13. The molecule has 1 N–H and O–H groups in total. The normalized spacial score (nSPS) is 10.9. The van der Waals surface area contributed by atoms with Gasteiger partial charge in [-0.25, -0.2) is 0 Å². The standard InChI is InChI=1S/2C16H21NO2/c1-3-4-7-10-17-12-13(11-16(18)19-2)14-8-5-6-9-15(14)17;1-2-3-4-7-10-17-12-13(11-16(18)19)14-8-5-6-9-15(14)17/h5-6,8-9,12H,3-4,7,10-11H2,1-2H3;5-6,8-9,12H,2-4,7,10-11H2,1H3,(H,18,19). The molecule has 0 aliphatic heterocycles. The lowest BCUT2D eigenvalue weighted by molar-refractivity contribution is -0.140. The third-order valence-corrected chi connectivity index (χ3v) is 6.90. The second-order valence-electron chi connectivity index (χ2n) is 9.82. The van der Waals surface area contributed by atoms with Crippen LogP contribution in [0.1, 0.15) is 69.9 Å². The van der Waals surface area contributed by atoms with Gasteiger partial charge in [-0.1, -0.05) is 82.3 Å². The molecule has 4 aromatic rings. The zero-order valence-corrected chi connectivity index (χ0v) is 23.1. The Balaban J connectivity index is 0.000000211. The molecule has 0 aliphatic rings. The summed E-state index contributed by atoms with van der Waals surface area (Å²) in [6.07, 6.45) is 13.1. The van der Waals surface area contributed by atoms with Gasteiger partial charge >= 0.3 is 11.9 Å². The van der Waals surface area contributed by atoms with Crippen LogP contribution in [0.2, 0.25) is 0 Å². The van der Waals surface area contributed by atoms with Crippen molar-refractivity contribution in [3.63, 3.8) is 0 Å². The van der Waals surface area contributed by atoms with Gasteiger partial charge in [0.15, 0.2) is 0 Å². The first kappa shape index (κ1) is 29.0. The number of carbonyl (C=O) groups excluding carboxylic acids is 1. The van der Waals surface area contributed by atoms with Crippen LogP contribution in [-0.4, -0.2) is 33.3 Å². The van der Waals surface area contributed by atoms with E-state index in [-0.39, 0.29) is 12.4 Å². The van der Waals surface area contributed by atoms with Crippen LogP contribution in [0.3, 0.4) is 0 Å². The van der Waals surface area contributed by atoms with E-state index < -0.39 is 5.97 Å². The fraction of sp³-hybridized carbons (Fsp3) is 0.438. The number of nitrogens with zero attached hydrogens (tertiary/aromatic N) is 2. The summed E-state index contributed by atoms with van der Waals surface area (Å²) in [4.78, 5) is 22.4. The second-order valence-corrected chi connectivity index (χ2v) is 9.82. The van der Waals surface area contributed by atoms with E-state index in [0.717, 1.165) is 46.9 Å². The lowest BCUT2D eigenvalue weighted by Crippen LogP contribution is -2.04. The van der Waals surface area contributed by atoms with E-state index in [1.165, 1.54) is 51.2 Å². The van der Waals surface area contributed by atoms with E-state index in [0.29, 0.717) is 6.42 Å². The zero-order valence-electron chi connectivity index (χ0n) is 23.1. The number of para-hydroxylation sites is 2. The average molecular weight is 519 g/mol. The molecule has 4 rings (SSSR count). The number of esters is 1. The van der Waals surface area contributed by atoms with Crippen molar-refractivity contribution in [3.05, 3.63) is 72.1 Å². The summed E-state index contributed by atoms with van der Waals surface area (Å²) in [6.45, 7) is 6.39. The van der Waals surface area contributed by atoms with Gasteiger partial charge in [0.25, 0.3) is 0 Å². The molecule has 0 fully saturated rings. The zero-order chi connectivity index (χ0) is 27.3. The van der Waals surface area contributed by atoms with Crippen LogP contribution < -0.4 is 0 Å². The van der Waals surface area contributed by atoms with Crippen LogP contribution in [0.15, 0.2) is 60.9 Å². The van der Waals surface area contributed by atoms with E-state index in [4.69, 9.17) is 9.84 Å². The summed E-state index contributed by atoms with van der Waals surface area (Å²) in [7, 11) is 1.43. The summed E-state index contributed by atoms with van der Waals surface area (Å²) >= 11 is 0. The average Bonchev–Trinajstić information content (AvgIpc) is 3.45. The number of aromatic nitrogens is 2. The van der Waals surface area contributed by atoms with Gasteiger partial charge in [0, 0.05) is 47.3 Å². The van der Waals surface area contributed by atoms with Crippen LogP contribution in [0, 0.1) is 0 Å². The van der Waals surface area contributed by atoms with Crippen molar-refractivity contribution in [1.82, 2.24) is 9.13 Å². The molecule has 0 spiro atoms. The Hall–Kier alpha value is -3.54. The molecule has 0 amide bonds. The van der Waals surface area contributed by atoms with Crippen LogP contribution in [-0.2, 0) is 40.3 Å². The molecule has 0 bridgehead atoms. The first-order valence-corrected chi connectivity index (χ1v) is 13.9. The van der Waals surface area contributed by atoms with Crippen molar-refractivity contribution >= 4 is 33.7 Å². The molecule has 2 aromatic heterocycles. The van der Waals surface area contributed by atoms with Crippen molar-refractivity contribution in [2.24, 2.45) is 0 Å². The van der Waals surface area contributed by atoms with Crippen LogP contribution in [0.5, 0.6) is 0 Å². The topological polar surface area (TPSA) is 73.5 Å². The Bertz CT molecular complexity index is 1320. The minimum atomic E-state index is -0.770. The van der Waals surface area contributed by atoms with Crippen molar-refractivity contribution < 1.29 is 19.4 Å². The van der Waals surface area contributed by atoms with Crippen molar-refractivity contribution in [2.75, 3.05) is 7.11 Å². The minimum absolute atomic E-state index is 0.0997. The first-order chi connectivity index (χ1) is 18.5. The third-order valence-electron chi connectivity index (χ3n) is 6.90. The molecule has 0 radical (unpaired) electrons. The Morgan fingerprint density at radius 3 is 1.68 bits per heavy atom. The lowest BCUT2D eigenvalue weighted by Gasteiger charge is -2.04. The number of benzene rings is 2. The van der Waals surface area contributed by atoms with Crippen LogP contribution >= 0.6 is 0 Å². The molecule has 0 unspecified atom stereocenters.